The number of anilines is 6. The van der Waals surface area contributed by atoms with E-state index in [0.29, 0.717) is 0 Å². The minimum atomic E-state index is 0.843. The van der Waals surface area contributed by atoms with Crippen LogP contribution in [-0.4, -0.2) is 9.13 Å². The van der Waals surface area contributed by atoms with Gasteiger partial charge in [0.05, 0.1) is 44.8 Å². The van der Waals surface area contributed by atoms with Gasteiger partial charge in [0, 0.05) is 99.0 Å². The quantitative estimate of drug-likeness (QED) is 0.0967. The summed E-state index contributed by atoms with van der Waals surface area (Å²) in [6, 6.07) is 173. The van der Waals surface area contributed by atoms with Gasteiger partial charge in [-0.1, -0.05) is 352 Å². The molecule has 25 aromatic rings. The molecule has 6 nitrogen and oxygen atoms in total. The van der Waals surface area contributed by atoms with Gasteiger partial charge in [0.2, 0.25) is 0 Å². The number of para-hydroxylation sites is 9. The second-order valence-corrected chi connectivity index (χ2v) is 33.3. The average Bonchev–Trinajstić information content (AvgIpc) is 1.31. The summed E-state index contributed by atoms with van der Waals surface area (Å²) in [7, 11) is 0. The highest BCUT2D eigenvalue weighted by Crippen LogP contribution is 2.51. The van der Waals surface area contributed by atoms with Gasteiger partial charge in [-0.15, -0.1) is 0 Å². The summed E-state index contributed by atoms with van der Waals surface area (Å²) >= 11 is 0. The Labute approximate surface area is 739 Å². The molecule has 0 spiro atoms. The molecule has 4 aromatic heterocycles. The van der Waals surface area contributed by atoms with Gasteiger partial charge >= 0.3 is 0 Å². The summed E-state index contributed by atoms with van der Waals surface area (Å²) in [6.07, 6.45) is 0. The van der Waals surface area contributed by atoms with Crippen molar-refractivity contribution < 1.29 is 8.83 Å². The number of nitrogens with zero attached hydrogens (tertiary/aromatic N) is 4. The Morgan fingerprint density at radius 2 is 0.531 bits per heavy atom. The summed E-state index contributed by atoms with van der Waals surface area (Å²) in [4.78, 5) is 4.84. The third-order valence-corrected chi connectivity index (χ3v) is 26.2. The lowest BCUT2D eigenvalue weighted by molar-refractivity contribution is 0.669. The Kier molecular flexibility index (Phi) is 17.5. The highest BCUT2D eigenvalue weighted by molar-refractivity contribution is 6.16. The van der Waals surface area contributed by atoms with Gasteiger partial charge in [0.25, 0.3) is 0 Å². The van der Waals surface area contributed by atoms with E-state index in [4.69, 9.17) is 8.83 Å². The molecule has 0 amide bonds. The van der Waals surface area contributed by atoms with Gasteiger partial charge in [-0.2, -0.15) is 0 Å². The standard InChI is InChI=1S/C122H78N4O2/c1-3-30-95-84(24-1)26-20-39-96(95)86-64-72-92(73-65-86)123(113-45-13-8-35-101(113)105-40-22-41-106-103-37-10-17-50-119(103)127-121(105)106)91-68-60-81(61-69-91)79-52-54-83(55-53-79)88-28-19-29-94(76-88)125-114-46-14-9-36-102(114)109-77-89(66-74-117(109)125)90-67-75-118(110(78-90)108-43-23-42-107-104-38-11-18-51-120(104)128-122(107)108)124(111-49-21-27-85-25-2-4-31-97(85)111)93-70-62-82(63-71-93)80-56-58-87(59-57-80)98-32-5-12-44-112(98)126-115-47-15-6-33-99(115)100-34-7-16-48-116(100)126/h1-78H. The van der Waals surface area contributed by atoms with Crippen LogP contribution in [0.4, 0.5) is 34.1 Å². The summed E-state index contributed by atoms with van der Waals surface area (Å²) < 4.78 is 18.6. The van der Waals surface area contributed by atoms with Crippen molar-refractivity contribution in [3.63, 3.8) is 0 Å². The molecule has 0 unspecified atom stereocenters. The zero-order valence-electron chi connectivity index (χ0n) is 69.6. The Hall–Kier alpha value is -17.1. The maximum atomic E-state index is 7.02. The number of hydrogen-bond donors (Lipinski definition) is 0. The van der Waals surface area contributed by atoms with Gasteiger partial charge in [-0.3, -0.25) is 0 Å². The average molecular weight is 1630 g/mol. The second-order valence-electron chi connectivity index (χ2n) is 33.3. The van der Waals surface area contributed by atoms with Crippen LogP contribution in [0, 0.1) is 0 Å². The molecule has 0 fully saturated rings. The Balaban J connectivity index is 0.549. The highest BCUT2D eigenvalue weighted by Gasteiger charge is 2.27. The maximum Gasteiger partial charge on any atom is 0.143 e. The van der Waals surface area contributed by atoms with E-state index in [1.165, 1.54) is 54.5 Å². The van der Waals surface area contributed by atoms with Crippen molar-refractivity contribution in [3.05, 3.63) is 473 Å². The highest BCUT2D eigenvalue weighted by atomic mass is 16.3. The second kappa shape index (κ2) is 30.5. The molecule has 6 heteroatoms. The molecular weight excluding hydrogens is 1550 g/mol. The van der Waals surface area contributed by atoms with Crippen molar-refractivity contribution in [1.82, 2.24) is 9.13 Å². The first-order chi connectivity index (χ1) is 63.5. The summed E-state index contributed by atoms with van der Waals surface area (Å²) in [5, 5.41) is 14.0. The molecule has 25 rings (SSSR count). The molecule has 0 aliphatic carbocycles. The molecule has 0 atom stereocenters. The van der Waals surface area contributed by atoms with Crippen LogP contribution in [0.1, 0.15) is 0 Å². The summed E-state index contributed by atoms with van der Waals surface area (Å²) in [6.45, 7) is 0. The van der Waals surface area contributed by atoms with Crippen molar-refractivity contribution in [2.45, 2.75) is 0 Å². The van der Waals surface area contributed by atoms with Gasteiger partial charge in [-0.25, -0.2) is 0 Å². The monoisotopic (exact) mass is 1630 g/mol. The van der Waals surface area contributed by atoms with E-state index in [1.807, 2.05) is 6.07 Å². The van der Waals surface area contributed by atoms with Gasteiger partial charge in [0.15, 0.2) is 0 Å². The Morgan fingerprint density at radius 1 is 0.172 bits per heavy atom. The number of hydrogen-bond acceptors (Lipinski definition) is 4. The van der Waals surface area contributed by atoms with Crippen LogP contribution < -0.4 is 9.80 Å². The number of aromatic nitrogens is 2. The predicted octanol–water partition coefficient (Wildman–Crippen LogP) is 34.3. The lowest BCUT2D eigenvalue weighted by atomic mass is 9.94. The van der Waals surface area contributed by atoms with Crippen LogP contribution >= 0.6 is 0 Å². The lowest BCUT2D eigenvalue weighted by Crippen LogP contribution is -2.12. The number of furan rings is 2. The van der Waals surface area contributed by atoms with E-state index < -0.39 is 0 Å². The van der Waals surface area contributed by atoms with E-state index in [1.54, 1.807) is 0 Å². The molecule has 0 radical (unpaired) electrons. The zero-order valence-corrected chi connectivity index (χ0v) is 69.6. The van der Waals surface area contributed by atoms with Crippen molar-refractivity contribution in [2.75, 3.05) is 9.80 Å². The molecule has 0 aliphatic heterocycles. The summed E-state index contributed by atoms with van der Waals surface area (Å²) in [5.41, 5.74) is 34.4. The molecule has 598 valence electrons. The Bertz CT molecular complexity index is 8620. The zero-order chi connectivity index (χ0) is 84.3. The topological polar surface area (TPSA) is 42.6 Å². The fourth-order valence-corrected chi connectivity index (χ4v) is 20.1. The van der Waals surface area contributed by atoms with E-state index in [2.05, 4.69) is 486 Å². The fraction of sp³-hybridized carbons (Fsp3) is 0. The van der Waals surface area contributed by atoms with Crippen molar-refractivity contribution in [3.8, 4) is 100 Å². The van der Waals surface area contributed by atoms with Crippen LogP contribution in [0.3, 0.4) is 0 Å². The first-order valence-electron chi connectivity index (χ1n) is 43.8. The van der Waals surface area contributed by atoms with Crippen molar-refractivity contribution in [1.29, 1.82) is 0 Å². The summed E-state index contributed by atoms with van der Waals surface area (Å²) in [5.74, 6) is 0. The van der Waals surface area contributed by atoms with Gasteiger partial charge in [-0.05, 0) is 199 Å². The SMILES string of the molecule is c1cc(-c2ccc(-c3ccc(N(c4ccc(-c5cccc6ccccc56)cc4)c4ccccc4-c4cccc5c4oc4ccccc45)cc3)cc2)cc(-n2c3ccccc3c3cc(-c4ccc(N(c5ccc(-c6ccc(-c7ccccc7-n7c8ccccc8c8ccccc87)cc6)cc5)c5cccc6ccccc56)c(-c5cccc6c5oc5ccccc56)c4)ccc32)c1. The third-order valence-electron chi connectivity index (χ3n) is 26.2. The number of benzene rings is 21. The molecule has 4 heterocycles. The normalized spacial score (nSPS) is 11.8. The minimum absolute atomic E-state index is 0.843. The van der Waals surface area contributed by atoms with E-state index >= 15 is 0 Å². The van der Waals surface area contributed by atoms with Crippen LogP contribution in [0.5, 0.6) is 0 Å². The third kappa shape index (κ3) is 12.4. The van der Waals surface area contributed by atoms with Gasteiger partial charge in [0.1, 0.15) is 22.3 Å². The fourth-order valence-electron chi connectivity index (χ4n) is 20.1. The predicted molar refractivity (Wildman–Crippen MR) is 538 cm³/mol. The molecule has 0 bridgehead atoms. The van der Waals surface area contributed by atoms with E-state index in [-0.39, 0.29) is 0 Å². The smallest absolute Gasteiger partial charge is 0.143 e. The minimum Gasteiger partial charge on any atom is -0.455 e. The molecular formula is C122H78N4O2. The number of rotatable bonds is 16. The molecule has 0 saturated heterocycles. The van der Waals surface area contributed by atoms with E-state index in [0.717, 1.165) is 189 Å². The maximum absolute atomic E-state index is 7.02. The van der Waals surface area contributed by atoms with Crippen LogP contribution in [0.15, 0.2) is 482 Å². The van der Waals surface area contributed by atoms with Crippen LogP contribution in [0.25, 0.3) is 209 Å². The van der Waals surface area contributed by atoms with Gasteiger partial charge < -0.3 is 27.8 Å². The molecule has 21 aromatic carbocycles. The lowest BCUT2D eigenvalue weighted by Gasteiger charge is -2.29. The first kappa shape index (κ1) is 73.6. The molecule has 0 saturated carbocycles. The van der Waals surface area contributed by atoms with Crippen molar-refractivity contribution >= 4 is 143 Å². The molecule has 128 heavy (non-hydrogen) atoms. The largest absolute Gasteiger partial charge is 0.455 e. The Morgan fingerprint density at radius 3 is 1.16 bits per heavy atom. The molecule has 0 N–H and O–H groups in total. The number of fused-ring (bicyclic) bond motifs is 14. The van der Waals surface area contributed by atoms with Crippen molar-refractivity contribution in [2.24, 2.45) is 0 Å². The van der Waals surface area contributed by atoms with Crippen LogP contribution in [-0.2, 0) is 0 Å². The van der Waals surface area contributed by atoms with E-state index in [9.17, 15) is 0 Å². The molecule has 0 aliphatic rings. The first-order valence-corrected chi connectivity index (χ1v) is 43.8. The van der Waals surface area contributed by atoms with Crippen LogP contribution in [0.2, 0.25) is 0 Å².